The van der Waals surface area contributed by atoms with E-state index in [9.17, 15) is 4.79 Å². The van der Waals surface area contributed by atoms with E-state index in [1.165, 1.54) is 16.7 Å². The van der Waals surface area contributed by atoms with Gasteiger partial charge in [-0.2, -0.15) is 5.10 Å². The van der Waals surface area contributed by atoms with Gasteiger partial charge in [-0.1, -0.05) is 17.7 Å². The molecule has 0 radical (unpaired) electrons. The molecule has 0 aliphatic rings. The summed E-state index contributed by atoms with van der Waals surface area (Å²) < 4.78 is 0. The van der Waals surface area contributed by atoms with Crippen LogP contribution in [0.1, 0.15) is 27.8 Å². The van der Waals surface area contributed by atoms with E-state index in [0.29, 0.717) is 0 Å². The smallest absolute Gasteiger partial charge is 0.267 e. The van der Waals surface area contributed by atoms with Gasteiger partial charge < -0.3 is 0 Å². The Hall–Kier alpha value is -1.90. The van der Waals surface area contributed by atoms with Crippen molar-refractivity contribution >= 4 is 0 Å². The van der Waals surface area contributed by atoms with Gasteiger partial charge in [0.2, 0.25) is 0 Å². The van der Waals surface area contributed by atoms with Crippen LogP contribution in [0.15, 0.2) is 16.9 Å². The molecule has 0 aliphatic heterocycles. The number of nitrogens with one attached hydrogen (secondary N) is 1. The number of rotatable bonds is 1. The van der Waals surface area contributed by atoms with Crippen LogP contribution in [0.4, 0.5) is 0 Å². The number of hydrogen-bond acceptors (Lipinski definition) is 2. The van der Waals surface area contributed by atoms with E-state index in [0.717, 1.165) is 22.4 Å². The lowest BCUT2D eigenvalue weighted by Gasteiger charge is -2.13. The maximum atomic E-state index is 11.5. The first-order chi connectivity index (χ1) is 8.41. The Labute approximate surface area is 107 Å². The Morgan fingerprint density at radius 1 is 0.944 bits per heavy atom. The quantitative estimate of drug-likeness (QED) is 0.835. The first kappa shape index (κ1) is 12.6. The molecule has 0 saturated carbocycles. The zero-order chi connectivity index (χ0) is 13.4. The highest BCUT2D eigenvalue weighted by atomic mass is 16.1. The van der Waals surface area contributed by atoms with Crippen molar-refractivity contribution in [3.05, 3.63) is 50.3 Å². The molecule has 0 spiro atoms. The molecule has 0 amide bonds. The van der Waals surface area contributed by atoms with E-state index < -0.39 is 0 Å². The second-order valence-corrected chi connectivity index (χ2v) is 4.93. The lowest BCUT2D eigenvalue weighted by atomic mass is 9.94. The molecule has 3 heteroatoms. The van der Waals surface area contributed by atoms with Crippen molar-refractivity contribution in [2.24, 2.45) is 0 Å². The van der Waals surface area contributed by atoms with Crippen molar-refractivity contribution in [3.63, 3.8) is 0 Å². The summed E-state index contributed by atoms with van der Waals surface area (Å²) in [4.78, 5) is 11.5. The summed E-state index contributed by atoms with van der Waals surface area (Å²) in [5.74, 6) is 0. The van der Waals surface area contributed by atoms with Crippen molar-refractivity contribution < 1.29 is 0 Å². The van der Waals surface area contributed by atoms with E-state index in [-0.39, 0.29) is 5.56 Å². The second-order valence-electron chi connectivity index (χ2n) is 4.93. The lowest BCUT2D eigenvalue weighted by molar-refractivity contribution is 0.956. The van der Waals surface area contributed by atoms with E-state index in [2.05, 4.69) is 43.1 Å². The highest BCUT2D eigenvalue weighted by Crippen LogP contribution is 2.28. The van der Waals surface area contributed by atoms with E-state index in [1.807, 2.05) is 13.8 Å². The Morgan fingerprint density at radius 3 is 2.06 bits per heavy atom. The van der Waals surface area contributed by atoms with Gasteiger partial charge in [0.25, 0.3) is 5.56 Å². The predicted octanol–water partition coefficient (Wildman–Crippen LogP) is 2.98. The minimum Gasteiger partial charge on any atom is -0.268 e. The minimum absolute atomic E-state index is 0.112. The van der Waals surface area contributed by atoms with Gasteiger partial charge >= 0.3 is 0 Å². The van der Waals surface area contributed by atoms with Gasteiger partial charge in [0, 0.05) is 11.1 Å². The maximum absolute atomic E-state index is 11.5. The summed E-state index contributed by atoms with van der Waals surface area (Å²) in [6.07, 6.45) is 0. The van der Waals surface area contributed by atoms with Gasteiger partial charge in [-0.15, -0.1) is 0 Å². The van der Waals surface area contributed by atoms with Gasteiger partial charge in [0.1, 0.15) is 0 Å². The monoisotopic (exact) mass is 242 g/mol. The minimum atomic E-state index is -0.112. The van der Waals surface area contributed by atoms with Crippen molar-refractivity contribution in [2.45, 2.75) is 34.6 Å². The van der Waals surface area contributed by atoms with Gasteiger partial charge in [-0.25, -0.2) is 5.10 Å². The average molecular weight is 242 g/mol. The van der Waals surface area contributed by atoms with Gasteiger partial charge in [0.15, 0.2) is 0 Å². The third-order valence-corrected chi connectivity index (χ3v) is 3.44. The van der Waals surface area contributed by atoms with Crippen LogP contribution in [0.3, 0.4) is 0 Å². The zero-order valence-corrected chi connectivity index (χ0v) is 11.5. The van der Waals surface area contributed by atoms with Crippen LogP contribution < -0.4 is 5.56 Å². The van der Waals surface area contributed by atoms with Crippen LogP contribution in [0, 0.1) is 34.6 Å². The molecule has 0 aliphatic carbocycles. The summed E-state index contributed by atoms with van der Waals surface area (Å²) >= 11 is 0. The molecule has 94 valence electrons. The summed E-state index contributed by atoms with van der Waals surface area (Å²) in [5.41, 5.74) is 7.20. The summed E-state index contributed by atoms with van der Waals surface area (Å²) in [5, 5.41) is 6.79. The number of aryl methyl sites for hydroxylation is 3. The molecule has 0 bridgehead atoms. The normalized spacial score (nSPS) is 10.7. The van der Waals surface area contributed by atoms with Gasteiger partial charge in [0.05, 0.1) is 5.69 Å². The molecule has 0 fully saturated rings. The van der Waals surface area contributed by atoms with Crippen molar-refractivity contribution in [1.82, 2.24) is 10.2 Å². The van der Waals surface area contributed by atoms with Crippen molar-refractivity contribution in [1.29, 1.82) is 0 Å². The molecule has 1 aromatic carbocycles. The Balaban J connectivity index is 2.78. The fourth-order valence-electron chi connectivity index (χ4n) is 2.42. The number of aromatic nitrogens is 2. The van der Waals surface area contributed by atoms with Crippen LogP contribution in [0.2, 0.25) is 0 Å². The Kier molecular flexibility index (Phi) is 3.07. The Bertz CT molecular complexity index is 646. The molecule has 0 atom stereocenters. The SMILES string of the molecule is Cc1cc(C)c(-c2n[nH]c(=O)c(C)c2C)c(C)c1. The number of benzene rings is 1. The third kappa shape index (κ3) is 1.96. The molecule has 1 aromatic heterocycles. The molecule has 3 nitrogen and oxygen atoms in total. The molecule has 2 aromatic rings. The largest absolute Gasteiger partial charge is 0.268 e. The molecule has 1 heterocycles. The zero-order valence-electron chi connectivity index (χ0n) is 11.5. The highest BCUT2D eigenvalue weighted by molar-refractivity contribution is 5.71. The van der Waals surface area contributed by atoms with E-state index in [4.69, 9.17) is 0 Å². The fourth-order valence-corrected chi connectivity index (χ4v) is 2.42. The van der Waals surface area contributed by atoms with Crippen LogP contribution in [-0.4, -0.2) is 10.2 Å². The number of nitrogens with zero attached hydrogens (tertiary/aromatic N) is 1. The summed E-state index contributed by atoms with van der Waals surface area (Å²) in [6, 6.07) is 4.29. The standard InChI is InChI=1S/C15H18N2O/c1-8-6-9(2)13(10(3)7-8)14-11(4)12(5)15(18)17-16-14/h6-7H,1-5H3,(H,17,18). The van der Waals surface area contributed by atoms with Gasteiger partial charge in [-0.3, -0.25) is 4.79 Å². The van der Waals surface area contributed by atoms with Crippen LogP contribution in [0.25, 0.3) is 11.3 Å². The molecule has 18 heavy (non-hydrogen) atoms. The Morgan fingerprint density at radius 2 is 1.50 bits per heavy atom. The first-order valence-electron chi connectivity index (χ1n) is 6.06. The lowest BCUT2D eigenvalue weighted by Crippen LogP contribution is -2.14. The third-order valence-electron chi connectivity index (χ3n) is 3.44. The maximum Gasteiger partial charge on any atom is 0.267 e. The van der Waals surface area contributed by atoms with Gasteiger partial charge in [-0.05, 0) is 51.3 Å². The van der Waals surface area contributed by atoms with E-state index in [1.54, 1.807) is 0 Å². The molecule has 0 unspecified atom stereocenters. The van der Waals surface area contributed by atoms with E-state index >= 15 is 0 Å². The number of H-pyrrole nitrogens is 1. The number of hydrogen-bond donors (Lipinski definition) is 1. The summed E-state index contributed by atoms with van der Waals surface area (Å²) in [6.45, 7) is 10.0. The molecular weight excluding hydrogens is 224 g/mol. The number of aromatic amines is 1. The molecule has 0 saturated heterocycles. The van der Waals surface area contributed by atoms with Crippen LogP contribution >= 0.6 is 0 Å². The molecule has 2 rings (SSSR count). The average Bonchev–Trinajstić information content (AvgIpc) is 2.28. The second kappa shape index (κ2) is 4.41. The molecular formula is C15H18N2O. The predicted molar refractivity (Wildman–Crippen MR) is 74.0 cm³/mol. The topological polar surface area (TPSA) is 45.8 Å². The summed E-state index contributed by atoms with van der Waals surface area (Å²) in [7, 11) is 0. The van der Waals surface area contributed by atoms with Crippen molar-refractivity contribution in [2.75, 3.05) is 0 Å². The fraction of sp³-hybridized carbons (Fsp3) is 0.333. The highest BCUT2D eigenvalue weighted by Gasteiger charge is 2.13. The van der Waals surface area contributed by atoms with Crippen LogP contribution in [-0.2, 0) is 0 Å². The first-order valence-corrected chi connectivity index (χ1v) is 6.06. The van der Waals surface area contributed by atoms with Crippen molar-refractivity contribution in [3.8, 4) is 11.3 Å². The molecule has 1 N–H and O–H groups in total. The van der Waals surface area contributed by atoms with Crippen LogP contribution in [0.5, 0.6) is 0 Å².